The smallest absolute Gasteiger partial charge is 0.335 e. The number of carboxylic acids is 1. The lowest BCUT2D eigenvalue weighted by atomic mass is 10.2. The van der Waals surface area contributed by atoms with Crippen molar-refractivity contribution in [1.29, 1.82) is 0 Å². The van der Waals surface area contributed by atoms with Crippen molar-refractivity contribution < 1.29 is 19.4 Å². The predicted molar refractivity (Wildman–Crippen MR) is 100 cm³/mol. The lowest BCUT2D eigenvalue weighted by Gasteiger charge is -2.14. The Morgan fingerprint density at radius 1 is 1.16 bits per heavy atom. The number of thiocarbonyl (C=S) groups is 1. The number of anilines is 1. The summed E-state index contributed by atoms with van der Waals surface area (Å²) in [5.41, 5.74) is 0.427. The zero-order chi connectivity index (χ0) is 18.6. The van der Waals surface area contributed by atoms with Crippen molar-refractivity contribution >= 4 is 58.1 Å². The van der Waals surface area contributed by atoms with E-state index in [4.69, 9.17) is 45.3 Å². The standard InChI is InChI=1S/C16H12Cl2N2O4S/c1-24-12-5-3-2-4-9(12)14(21)20-16(25)19-13-10(17)6-8(15(22)23)7-11(13)18/h2-7H,1H3,(H,22,23)(H2,19,20,21,25). The fourth-order valence-corrected chi connectivity index (χ4v) is 2.74. The summed E-state index contributed by atoms with van der Waals surface area (Å²) in [6.07, 6.45) is 0. The van der Waals surface area contributed by atoms with E-state index in [2.05, 4.69) is 10.6 Å². The Hall–Kier alpha value is -2.35. The number of rotatable bonds is 4. The van der Waals surface area contributed by atoms with Crippen molar-refractivity contribution in [2.24, 2.45) is 0 Å². The van der Waals surface area contributed by atoms with E-state index in [9.17, 15) is 9.59 Å². The number of methoxy groups -OCH3 is 1. The Labute approximate surface area is 158 Å². The molecule has 2 rings (SSSR count). The number of ether oxygens (including phenoxy) is 1. The van der Waals surface area contributed by atoms with Crippen LogP contribution in [0.5, 0.6) is 5.75 Å². The minimum absolute atomic E-state index is 0.0530. The molecule has 9 heteroatoms. The Morgan fingerprint density at radius 3 is 2.32 bits per heavy atom. The van der Waals surface area contributed by atoms with E-state index in [1.165, 1.54) is 19.2 Å². The summed E-state index contributed by atoms with van der Waals surface area (Å²) in [6, 6.07) is 9.09. The summed E-state index contributed by atoms with van der Waals surface area (Å²) < 4.78 is 5.12. The highest BCUT2D eigenvalue weighted by atomic mass is 35.5. The quantitative estimate of drug-likeness (QED) is 0.678. The highest BCUT2D eigenvalue weighted by Gasteiger charge is 2.16. The highest BCUT2D eigenvalue weighted by molar-refractivity contribution is 7.80. The molecule has 130 valence electrons. The van der Waals surface area contributed by atoms with E-state index in [0.29, 0.717) is 11.3 Å². The van der Waals surface area contributed by atoms with Crippen LogP contribution in [0.15, 0.2) is 36.4 Å². The van der Waals surface area contributed by atoms with Crippen molar-refractivity contribution in [2.45, 2.75) is 0 Å². The Kier molecular flexibility index (Phi) is 6.19. The average Bonchev–Trinajstić information content (AvgIpc) is 2.57. The van der Waals surface area contributed by atoms with Crippen LogP contribution in [0.1, 0.15) is 20.7 Å². The zero-order valence-corrected chi connectivity index (χ0v) is 15.1. The summed E-state index contributed by atoms with van der Waals surface area (Å²) >= 11 is 17.1. The molecule has 0 aliphatic heterocycles. The van der Waals surface area contributed by atoms with Crippen LogP contribution in [-0.2, 0) is 0 Å². The third-order valence-corrected chi connectivity index (χ3v) is 3.91. The highest BCUT2D eigenvalue weighted by Crippen LogP contribution is 2.32. The third kappa shape index (κ3) is 4.60. The van der Waals surface area contributed by atoms with Crippen LogP contribution in [0, 0.1) is 0 Å². The van der Waals surface area contributed by atoms with Crippen LogP contribution in [-0.4, -0.2) is 29.2 Å². The molecule has 1 amide bonds. The molecule has 0 fully saturated rings. The molecule has 25 heavy (non-hydrogen) atoms. The number of carbonyl (C=O) groups excluding carboxylic acids is 1. The van der Waals surface area contributed by atoms with Gasteiger partial charge in [0.1, 0.15) is 5.75 Å². The van der Waals surface area contributed by atoms with Crippen molar-refractivity contribution in [2.75, 3.05) is 12.4 Å². The SMILES string of the molecule is COc1ccccc1C(=O)NC(=S)Nc1c(Cl)cc(C(=O)O)cc1Cl. The van der Waals surface area contributed by atoms with Crippen LogP contribution < -0.4 is 15.4 Å². The molecule has 0 spiro atoms. The van der Waals surface area contributed by atoms with Gasteiger partial charge >= 0.3 is 5.97 Å². The summed E-state index contributed by atoms with van der Waals surface area (Å²) in [6.45, 7) is 0. The molecular weight excluding hydrogens is 387 g/mol. The van der Waals surface area contributed by atoms with Gasteiger partial charge in [-0.2, -0.15) is 0 Å². The number of benzene rings is 2. The van der Waals surface area contributed by atoms with Gasteiger partial charge in [-0.15, -0.1) is 0 Å². The van der Waals surface area contributed by atoms with Gasteiger partial charge in [-0.05, 0) is 36.5 Å². The van der Waals surface area contributed by atoms with Gasteiger partial charge < -0.3 is 15.2 Å². The average molecular weight is 399 g/mol. The Morgan fingerprint density at radius 2 is 1.76 bits per heavy atom. The number of halogens is 2. The van der Waals surface area contributed by atoms with E-state index in [-0.39, 0.29) is 26.4 Å². The monoisotopic (exact) mass is 398 g/mol. The number of carboxylic acid groups (broad SMARTS) is 1. The second kappa shape index (κ2) is 8.15. The maximum absolute atomic E-state index is 12.3. The van der Waals surface area contributed by atoms with E-state index in [0.717, 1.165) is 0 Å². The molecule has 0 atom stereocenters. The second-order valence-electron chi connectivity index (χ2n) is 4.73. The minimum atomic E-state index is -1.16. The van der Waals surface area contributed by atoms with Gasteiger partial charge in [-0.1, -0.05) is 35.3 Å². The third-order valence-electron chi connectivity index (χ3n) is 3.11. The molecule has 0 saturated heterocycles. The van der Waals surface area contributed by atoms with E-state index < -0.39 is 11.9 Å². The number of hydrogen-bond acceptors (Lipinski definition) is 4. The van der Waals surface area contributed by atoms with Crippen LogP contribution >= 0.6 is 35.4 Å². The first kappa shape index (κ1) is 19.0. The molecule has 0 heterocycles. The van der Waals surface area contributed by atoms with Crippen molar-refractivity contribution in [1.82, 2.24) is 5.32 Å². The van der Waals surface area contributed by atoms with Crippen LogP contribution in [0.4, 0.5) is 5.69 Å². The first-order valence-corrected chi connectivity index (χ1v) is 7.97. The van der Waals surface area contributed by atoms with E-state index >= 15 is 0 Å². The molecule has 6 nitrogen and oxygen atoms in total. The van der Waals surface area contributed by atoms with Crippen LogP contribution in [0.3, 0.4) is 0 Å². The van der Waals surface area contributed by atoms with Gasteiger partial charge in [0.25, 0.3) is 5.91 Å². The summed E-state index contributed by atoms with van der Waals surface area (Å²) in [5.74, 6) is -1.25. The fourth-order valence-electron chi connectivity index (χ4n) is 1.96. The molecule has 0 aromatic heterocycles. The van der Waals surface area contributed by atoms with Crippen molar-refractivity contribution in [3.05, 3.63) is 57.6 Å². The molecule has 2 aromatic carbocycles. The van der Waals surface area contributed by atoms with Crippen molar-refractivity contribution in [3.63, 3.8) is 0 Å². The molecule has 0 aliphatic rings. The Balaban J connectivity index is 2.15. The van der Waals surface area contributed by atoms with Gasteiger partial charge in [0.2, 0.25) is 0 Å². The summed E-state index contributed by atoms with van der Waals surface area (Å²) in [7, 11) is 1.45. The number of nitrogens with one attached hydrogen (secondary N) is 2. The number of para-hydroxylation sites is 1. The maximum Gasteiger partial charge on any atom is 0.335 e. The molecule has 0 saturated carbocycles. The predicted octanol–water partition coefficient (Wildman–Crippen LogP) is 3.83. The molecule has 0 bridgehead atoms. The number of carbonyl (C=O) groups is 2. The maximum atomic E-state index is 12.3. The molecule has 0 aliphatic carbocycles. The number of hydrogen-bond donors (Lipinski definition) is 3. The minimum Gasteiger partial charge on any atom is -0.496 e. The van der Waals surface area contributed by atoms with E-state index in [1.54, 1.807) is 24.3 Å². The summed E-state index contributed by atoms with van der Waals surface area (Å²) in [5, 5.41) is 14.2. The summed E-state index contributed by atoms with van der Waals surface area (Å²) in [4.78, 5) is 23.2. The first-order chi connectivity index (χ1) is 11.8. The van der Waals surface area contributed by atoms with Gasteiger partial charge in [-0.3, -0.25) is 10.1 Å². The van der Waals surface area contributed by atoms with Crippen LogP contribution in [0.2, 0.25) is 10.0 Å². The van der Waals surface area contributed by atoms with Gasteiger partial charge in [-0.25, -0.2) is 4.79 Å². The second-order valence-corrected chi connectivity index (χ2v) is 5.95. The first-order valence-electron chi connectivity index (χ1n) is 6.81. The number of aromatic carboxylic acids is 1. The normalized spacial score (nSPS) is 10.0. The van der Waals surface area contributed by atoms with Crippen molar-refractivity contribution in [3.8, 4) is 5.75 Å². The van der Waals surface area contributed by atoms with E-state index in [1.807, 2.05) is 0 Å². The number of amides is 1. The van der Waals surface area contributed by atoms with Crippen LogP contribution in [0.25, 0.3) is 0 Å². The molecular formula is C16H12Cl2N2O4S. The van der Waals surface area contributed by atoms with Gasteiger partial charge in [0, 0.05) is 0 Å². The van der Waals surface area contributed by atoms with Gasteiger partial charge in [0.05, 0.1) is 34.0 Å². The topological polar surface area (TPSA) is 87.7 Å². The molecule has 3 N–H and O–H groups in total. The molecule has 0 radical (unpaired) electrons. The Bertz CT molecular complexity index is 835. The largest absolute Gasteiger partial charge is 0.496 e. The fraction of sp³-hybridized carbons (Fsp3) is 0.0625. The lowest BCUT2D eigenvalue weighted by Crippen LogP contribution is -2.34. The van der Waals surface area contributed by atoms with Gasteiger partial charge in [0.15, 0.2) is 5.11 Å². The molecule has 2 aromatic rings. The molecule has 0 unspecified atom stereocenters. The lowest BCUT2D eigenvalue weighted by molar-refractivity contribution is 0.0696. The zero-order valence-electron chi connectivity index (χ0n) is 12.8.